The van der Waals surface area contributed by atoms with E-state index < -0.39 is 21.9 Å². The molecule has 3 N–H and O–H groups in total. The van der Waals surface area contributed by atoms with Crippen LogP contribution in [0.2, 0.25) is 0 Å². The van der Waals surface area contributed by atoms with E-state index in [1.54, 1.807) is 30.3 Å². The predicted molar refractivity (Wildman–Crippen MR) is 75.3 cm³/mol. The second kappa shape index (κ2) is 6.33. The smallest absolute Gasteiger partial charge is 0.307 e. The molecule has 21 heavy (non-hydrogen) atoms. The lowest BCUT2D eigenvalue weighted by molar-refractivity contribution is 0.250. The van der Waals surface area contributed by atoms with Gasteiger partial charge < -0.3 is 5.32 Å². The number of hydrogen-bond donors (Lipinski definition) is 3. The molecular formula is C13H12FN3O3S. The normalized spacial score (nSPS) is 10.9. The van der Waals surface area contributed by atoms with E-state index in [-0.39, 0.29) is 4.90 Å². The fraction of sp³-hybridized carbons (Fsp3) is 0. The summed E-state index contributed by atoms with van der Waals surface area (Å²) in [7, 11) is -3.95. The lowest BCUT2D eigenvalue weighted by Gasteiger charge is -2.09. The number of sulfonamides is 1. The Morgan fingerprint density at radius 1 is 0.952 bits per heavy atom. The van der Waals surface area contributed by atoms with Crippen LogP contribution in [0.15, 0.2) is 59.5 Å². The van der Waals surface area contributed by atoms with Gasteiger partial charge in [0.15, 0.2) is 0 Å². The highest BCUT2D eigenvalue weighted by Gasteiger charge is 2.14. The summed E-state index contributed by atoms with van der Waals surface area (Å²) >= 11 is 0. The molecule has 2 rings (SSSR count). The van der Waals surface area contributed by atoms with Crippen LogP contribution in [0.4, 0.5) is 14.9 Å². The number of nitrogens with one attached hydrogen (secondary N) is 3. The third kappa shape index (κ3) is 4.26. The minimum atomic E-state index is -3.95. The molecule has 110 valence electrons. The molecule has 8 heteroatoms. The summed E-state index contributed by atoms with van der Waals surface area (Å²) in [5.74, 6) is -0.552. The molecule has 0 aliphatic heterocycles. The number of amides is 2. The van der Waals surface area contributed by atoms with Crippen LogP contribution in [-0.4, -0.2) is 14.4 Å². The minimum absolute atomic E-state index is 0.163. The Balaban J connectivity index is 1.95. The number of benzene rings is 2. The van der Waals surface area contributed by atoms with Gasteiger partial charge in [0.2, 0.25) is 0 Å². The van der Waals surface area contributed by atoms with Crippen LogP contribution >= 0.6 is 0 Å². The number of rotatable bonds is 4. The molecule has 0 atom stereocenters. The van der Waals surface area contributed by atoms with Crippen molar-refractivity contribution >= 4 is 21.7 Å². The van der Waals surface area contributed by atoms with Crippen LogP contribution in [0.25, 0.3) is 0 Å². The van der Waals surface area contributed by atoms with Crippen LogP contribution in [0.3, 0.4) is 0 Å². The van der Waals surface area contributed by atoms with E-state index in [0.29, 0.717) is 5.69 Å². The van der Waals surface area contributed by atoms with Crippen LogP contribution in [0, 0.1) is 5.82 Å². The summed E-state index contributed by atoms with van der Waals surface area (Å²) in [5.41, 5.74) is 2.51. The fourth-order valence-corrected chi connectivity index (χ4v) is 2.31. The fourth-order valence-electron chi connectivity index (χ4n) is 1.47. The van der Waals surface area contributed by atoms with Crippen molar-refractivity contribution in [2.45, 2.75) is 4.90 Å². The first-order valence-electron chi connectivity index (χ1n) is 5.87. The van der Waals surface area contributed by atoms with Crippen molar-refractivity contribution in [1.29, 1.82) is 0 Å². The Morgan fingerprint density at radius 3 is 2.19 bits per heavy atom. The largest absolute Gasteiger partial charge is 0.334 e. The molecule has 0 heterocycles. The van der Waals surface area contributed by atoms with Gasteiger partial charge in [-0.25, -0.2) is 17.6 Å². The van der Waals surface area contributed by atoms with E-state index in [1.165, 1.54) is 0 Å². The number of urea groups is 1. The molecule has 0 aliphatic rings. The van der Waals surface area contributed by atoms with Gasteiger partial charge >= 0.3 is 6.03 Å². The molecule has 2 aromatic rings. The molecule has 0 radical (unpaired) electrons. The number of carbonyl (C=O) groups excluding carboxylic acids is 1. The van der Waals surface area contributed by atoms with Crippen molar-refractivity contribution in [3.05, 3.63) is 60.4 Å². The van der Waals surface area contributed by atoms with Gasteiger partial charge in [0, 0.05) is 5.69 Å². The first-order chi connectivity index (χ1) is 9.97. The molecule has 0 fully saturated rings. The predicted octanol–water partition coefficient (Wildman–Crippen LogP) is 1.84. The van der Waals surface area contributed by atoms with E-state index in [0.717, 1.165) is 24.3 Å². The van der Waals surface area contributed by atoms with Crippen molar-refractivity contribution in [3.63, 3.8) is 0 Å². The zero-order valence-corrected chi connectivity index (χ0v) is 11.5. The summed E-state index contributed by atoms with van der Waals surface area (Å²) in [6.45, 7) is 0. The molecular weight excluding hydrogens is 297 g/mol. The molecule has 0 saturated heterocycles. The number of hydrazine groups is 1. The van der Waals surface area contributed by atoms with Gasteiger partial charge in [-0.15, -0.1) is 4.83 Å². The third-order valence-corrected chi connectivity index (χ3v) is 3.72. The lowest BCUT2D eigenvalue weighted by Crippen LogP contribution is -2.43. The Morgan fingerprint density at radius 2 is 1.57 bits per heavy atom. The first kappa shape index (κ1) is 14.9. The highest BCUT2D eigenvalue weighted by Crippen LogP contribution is 2.09. The summed E-state index contributed by atoms with van der Waals surface area (Å²) in [6, 6.07) is 12.0. The zero-order chi connectivity index (χ0) is 15.3. The summed E-state index contributed by atoms with van der Waals surface area (Å²) < 4.78 is 36.4. The van der Waals surface area contributed by atoms with Gasteiger partial charge in [0.25, 0.3) is 10.0 Å². The summed E-state index contributed by atoms with van der Waals surface area (Å²) in [6.07, 6.45) is 0. The maximum absolute atomic E-state index is 12.7. The monoisotopic (exact) mass is 309 g/mol. The van der Waals surface area contributed by atoms with Crippen molar-refractivity contribution in [2.24, 2.45) is 0 Å². The molecule has 0 saturated carbocycles. The number of halogens is 1. The SMILES string of the molecule is O=C(NNS(=O)(=O)c1ccc(F)cc1)Nc1ccccc1. The van der Waals surface area contributed by atoms with Crippen molar-refractivity contribution in [2.75, 3.05) is 5.32 Å². The van der Waals surface area contributed by atoms with Crippen LogP contribution < -0.4 is 15.6 Å². The van der Waals surface area contributed by atoms with E-state index in [9.17, 15) is 17.6 Å². The zero-order valence-electron chi connectivity index (χ0n) is 10.7. The number of para-hydroxylation sites is 1. The second-order valence-electron chi connectivity index (χ2n) is 4.00. The van der Waals surface area contributed by atoms with Crippen molar-refractivity contribution in [3.8, 4) is 0 Å². The van der Waals surface area contributed by atoms with Gasteiger partial charge in [0.05, 0.1) is 4.90 Å². The minimum Gasteiger partial charge on any atom is -0.307 e. The number of carbonyl (C=O) groups is 1. The topological polar surface area (TPSA) is 87.3 Å². The maximum Gasteiger partial charge on any atom is 0.334 e. The molecule has 6 nitrogen and oxygen atoms in total. The van der Waals surface area contributed by atoms with Crippen LogP contribution in [0.1, 0.15) is 0 Å². The first-order valence-corrected chi connectivity index (χ1v) is 7.35. The second-order valence-corrected chi connectivity index (χ2v) is 5.69. The third-order valence-electron chi connectivity index (χ3n) is 2.45. The van der Waals surface area contributed by atoms with Crippen LogP contribution in [0.5, 0.6) is 0 Å². The van der Waals surface area contributed by atoms with E-state index in [1.807, 2.05) is 10.3 Å². The van der Waals surface area contributed by atoms with E-state index >= 15 is 0 Å². The van der Waals surface area contributed by atoms with Gasteiger partial charge in [-0.05, 0) is 36.4 Å². The quantitative estimate of drug-likeness (QED) is 0.753. The number of hydrogen-bond acceptors (Lipinski definition) is 3. The standard InChI is InChI=1S/C13H12FN3O3S/c14-10-6-8-12(9-7-10)21(19,20)17-16-13(18)15-11-4-2-1-3-5-11/h1-9,17H,(H2,15,16,18). The average Bonchev–Trinajstić information content (AvgIpc) is 2.47. The highest BCUT2D eigenvalue weighted by atomic mass is 32.2. The molecule has 2 amide bonds. The average molecular weight is 309 g/mol. The molecule has 0 aromatic heterocycles. The summed E-state index contributed by atoms with van der Waals surface area (Å²) in [4.78, 5) is 13.3. The molecule has 0 unspecified atom stereocenters. The molecule has 0 spiro atoms. The molecule has 2 aromatic carbocycles. The van der Waals surface area contributed by atoms with Crippen molar-refractivity contribution in [1.82, 2.24) is 10.3 Å². The maximum atomic E-state index is 12.7. The van der Waals surface area contributed by atoms with Crippen molar-refractivity contribution < 1.29 is 17.6 Å². The molecule has 0 aliphatic carbocycles. The lowest BCUT2D eigenvalue weighted by atomic mass is 10.3. The summed E-state index contributed by atoms with van der Waals surface area (Å²) in [5, 5.41) is 2.44. The van der Waals surface area contributed by atoms with E-state index in [4.69, 9.17) is 0 Å². The van der Waals surface area contributed by atoms with E-state index in [2.05, 4.69) is 5.32 Å². The van der Waals surface area contributed by atoms with Crippen LogP contribution in [-0.2, 0) is 10.0 Å². The Hall–Kier alpha value is -2.45. The number of anilines is 1. The van der Waals surface area contributed by atoms with Gasteiger partial charge in [-0.3, -0.25) is 5.43 Å². The molecule has 0 bridgehead atoms. The Kier molecular flexibility index (Phi) is 4.51. The Bertz CT molecular complexity index is 718. The highest BCUT2D eigenvalue weighted by molar-refractivity contribution is 7.89. The van der Waals surface area contributed by atoms with Gasteiger partial charge in [-0.1, -0.05) is 18.2 Å². The van der Waals surface area contributed by atoms with Gasteiger partial charge in [-0.2, -0.15) is 0 Å². The van der Waals surface area contributed by atoms with Gasteiger partial charge in [0.1, 0.15) is 5.82 Å². The Labute approximate surface area is 121 Å².